The van der Waals surface area contributed by atoms with Crippen LogP contribution < -0.4 is 5.32 Å². The lowest BCUT2D eigenvalue weighted by Gasteiger charge is -2.17. The Bertz CT molecular complexity index is 324. The Balaban J connectivity index is 2.16. The fourth-order valence-electron chi connectivity index (χ4n) is 2.07. The normalized spacial score (nSPS) is 17.8. The molecule has 1 N–H and O–H groups in total. The van der Waals surface area contributed by atoms with E-state index in [1.165, 1.54) is 30.4 Å². The van der Waals surface area contributed by atoms with Crippen LogP contribution in [0.1, 0.15) is 36.4 Å². The summed E-state index contributed by atoms with van der Waals surface area (Å²) >= 11 is 6.08. The van der Waals surface area contributed by atoms with Crippen molar-refractivity contribution in [2.75, 3.05) is 7.05 Å². The Morgan fingerprint density at radius 3 is 2.67 bits per heavy atom. The molecule has 2 rings (SSSR count). The van der Waals surface area contributed by atoms with Gasteiger partial charge in [-0.1, -0.05) is 30.5 Å². The molecule has 1 aliphatic carbocycles. The average molecular weight is 224 g/mol. The van der Waals surface area contributed by atoms with Gasteiger partial charge in [-0.2, -0.15) is 0 Å². The smallest absolute Gasteiger partial charge is 0.0411 e. The van der Waals surface area contributed by atoms with Crippen LogP contribution in [0, 0.1) is 12.8 Å². The van der Waals surface area contributed by atoms with Crippen LogP contribution in [0.5, 0.6) is 0 Å². The maximum Gasteiger partial charge on any atom is 0.0411 e. The Morgan fingerprint density at radius 1 is 1.40 bits per heavy atom. The molecule has 1 nitrogen and oxygen atoms in total. The summed E-state index contributed by atoms with van der Waals surface area (Å²) in [5.74, 6) is 0.932. The molecule has 15 heavy (non-hydrogen) atoms. The van der Waals surface area contributed by atoms with E-state index in [9.17, 15) is 0 Å². The monoisotopic (exact) mass is 223 g/mol. The zero-order valence-electron chi connectivity index (χ0n) is 9.39. The van der Waals surface area contributed by atoms with Gasteiger partial charge in [0.2, 0.25) is 0 Å². The number of halogens is 1. The second-order valence-corrected chi connectivity index (χ2v) is 5.02. The van der Waals surface area contributed by atoms with Crippen molar-refractivity contribution in [2.45, 2.75) is 32.2 Å². The Morgan fingerprint density at radius 2 is 2.13 bits per heavy atom. The predicted molar refractivity (Wildman–Crippen MR) is 65.3 cm³/mol. The van der Waals surface area contributed by atoms with E-state index in [-0.39, 0.29) is 0 Å². The van der Waals surface area contributed by atoms with Crippen molar-refractivity contribution < 1.29 is 0 Å². The maximum absolute atomic E-state index is 6.08. The van der Waals surface area contributed by atoms with Crippen LogP contribution in [0.25, 0.3) is 0 Å². The fourth-order valence-corrected chi connectivity index (χ4v) is 2.37. The van der Waals surface area contributed by atoms with Crippen LogP contribution >= 0.6 is 11.6 Å². The topological polar surface area (TPSA) is 12.0 Å². The van der Waals surface area contributed by atoms with Crippen molar-refractivity contribution in [1.82, 2.24) is 5.32 Å². The van der Waals surface area contributed by atoms with Crippen molar-refractivity contribution in [1.29, 1.82) is 0 Å². The highest BCUT2D eigenvalue weighted by Crippen LogP contribution is 2.38. The highest BCUT2D eigenvalue weighted by atomic mass is 35.5. The average Bonchev–Trinajstić information content (AvgIpc) is 2.96. The Labute approximate surface area is 96.8 Å². The van der Waals surface area contributed by atoms with E-state index in [2.05, 4.69) is 24.4 Å². The number of hydrogen-bond donors (Lipinski definition) is 1. The lowest BCUT2D eigenvalue weighted by Crippen LogP contribution is -2.17. The number of aryl methyl sites for hydroxylation is 1. The van der Waals surface area contributed by atoms with Crippen molar-refractivity contribution in [3.8, 4) is 0 Å². The van der Waals surface area contributed by atoms with Gasteiger partial charge in [0, 0.05) is 11.1 Å². The second-order valence-electron chi connectivity index (χ2n) is 4.58. The van der Waals surface area contributed by atoms with E-state index in [4.69, 9.17) is 11.6 Å². The molecule has 82 valence electrons. The summed E-state index contributed by atoms with van der Waals surface area (Å²) in [6, 6.07) is 6.79. The molecule has 0 aliphatic heterocycles. The molecule has 0 radical (unpaired) electrons. The molecular formula is C13H18ClN. The molecule has 0 aromatic heterocycles. The number of nitrogens with one attached hydrogen (secondary N) is 1. The first-order valence-corrected chi connectivity index (χ1v) is 6.01. The molecule has 1 fully saturated rings. The van der Waals surface area contributed by atoms with E-state index >= 15 is 0 Å². The molecule has 0 bridgehead atoms. The number of rotatable bonds is 4. The summed E-state index contributed by atoms with van der Waals surface area (Å²) in [6.45, 7) is 2.10. The maximum atomic E-state index is 6.08. The minimum absolute atomic E-state index is 0.467. The molecule has 1 aromatic carbocycles. The lowest BCUT2D eigenvalue weighted by atomic mass is 10.00. The van der Waals surface area contributed by atoms with E-state index < -0.39 is 0 Å². The minimum atomic E-state index is 0.467. The molecule has 1 aromatic rings. The van der Waals surface area contributed by atoms with E-state index in [1.54, 1.807) is 0 Å². The molecule has 1 unspecified atom stereocenters. The van der Waals surface area contributed by atoms with Crippen LogP contribution in [0.2, 0.25) is 5.02 Å². The van der Waals surface area contributed by atoms with E-state index in [1.807, 2.05) is 13.1 Å². The summed E-state index contributed by atoms with van der Waals surface area (Å²) in [5.41, 5.74) is 2.57. The van der Waals surface area contributed by atoms with Crippen LogP contribution in [-0.4, -0.2) is 7.05 Å². The van der Waals surface area contributed by atoms with Gasteiger partial charge < -0.3 is 5.32 Å². The van der Waals surface area contributed by atoms with Crippen LogP contribution in [0.15, 0.2) is 18.2 Å². The highest BCUT2D eigenvalue weighted by Gasteiger charge is 2.25. The number of hydrogen-bond acceptors (Lipinski definition) is 1. The zero-order valence-corrected chi connectivity index (χ0v) is 10.1. The summed E-state index contributed by atoms with van der Waals surface area (Å²) in [7, 11) is 2.03. The molecule has 0 amide bonds. The highest BCUT2D eigenvalue weighted by molar-refractivity contribution is 6.30. The molecule has 1 saturated carbocycles. The van der Waals surface area contributed by atoms with Gasteiger partial charge in [0.25, 0.3) is 0 Å². The summed E-state index contributed by atoms with van der Waals surface area (Å²) in [4.78, 5) is 0. The molecule has 0 spiro atoms. The fraction of sp³-hybridized carbons (Fsp3) is 0.538. The predicted octanol–water partition coefficient (Wildman–Crippen LogP) is 3.71. The first-order chi connectivity index (χ1) is 7.19. The standard InChI is InChI=1S/C13H18ClN/c1-9-5-11(8-12(14)6-9)13(15-2)7-10-3-4-10/h5-6,8,10,13,15H,3-4,7H2,1-2H3. The van der Waals surface area contributed by atoms with Crippen LogP contribution in [0.3, 0.4) is 0 Å². The van der Waals surface area contributed by atoms with Gasteiger partial charge in [-0.3, -0.25) is 0 Å². The molecule has 1 atom stereocenters. The lowest BCUT2D eigenvalue weighted by molar-refractivity contribution is 0.514. The SMILES string of the molecule is CNC(CC1CC1)c1cc(C)cc(Cl)c1. The van der Waals surface area contributed by atoms with E-state index in [0.29, 0.717) is 6.04 Å². The van der Waals surface area contributed by atoms with E-state index in [0.717, 1.165) is 10.9 Å². The molecule has 2 heteroatoms. The molecule has 0 saturated heterocycles. The van der Waals surface area contributed by atoms with Gasteiger partial charge in [0.05, 0.1) is 0 Å². The van der Waals surface area contributed by atoms with Gasteiger partial charge in [-0.15, -0.1) is 0 Å². The summed E-state index contributed by atoms with van der Waals surface area (Å²) < 4.78 is 0. The third kappa shape index (κ3) is 2.96. The molecule has 0 heterocycles. The van der Waals surface area contributed by atoms with Crippen molar-refractivity contribution in [2.24, 2.45) is 5.92 Å². The molecule has 1 aliphatic rings. The largest absolute Gasteiger partial charge is 0.313 e. The zero-order chi connectivity index (χ0) is 10.8. The first-order valence-electron chi connectivity index (χ1n) is 5.63. The van der Waals surface area contributed by atoms with Gasteiger partial charge in [-0.25, -0.2) is 0 Å². The summed E-state index contributed by atoms with van der Waals surface area (Å²) in [6.07, 6.45) is 4.05. The van der Waals surface area contributed by atoms with Crippen LogP contribution in [-0.2, 0) is 0 Å². The Hall–Kier alpha value is -0.530. The van der Waals surface area contributed by atoms with Gasteiger partial charge in [0.15, 0.2) is 0 Å². The van der Waals surface area contributed by atoms with Crippen LogP contribution in [0.4, 0.5) is 0 Å². The molecular weight excluding hydrogens is 206 g/mol. The number of benzene rings is 1. The van der Waals surface area contributed by atoms with Gasteiger partial charge in [0.1, 0.15) is 0 Å². The minimum Gasteiger partial charge on any atom is -0.313 e. The van der Waals surface area contributed by atoms with Crippen molar-refractivity contribution in [3.63, 3.8) is 0 Å². The Kier molecular flexibility index (Phi) is 3.32. The quantitative estimate of drug-likeness (QED) is 0.821. The first kappa shape index (κ1) is 11.0. The van der Waals surface area contributed by atoms with Gasteiger partial charge >= 0.3 is 0 Å². The third-order valence-electron chi connectivity index (χ3n) is 3.08. The van der Waals surface area contributed by atoms with Crippen molar-refractivity contribution >= 4 is 11.6 Å². The van der Waals surface area contributed by atoms with Gasteiger partial charge in [-0.05, 0) is 49.6 Å². The second kappa shape index (κ2) is 4.54. The summed E-state index contributed by atoms with van der Waals surface area (Å²) in [5, 5.41) is 4.23. The third-order valence-corrected chi connectivity index (χ3v) is 3.30. The van der Waals surface area contributed by atoms with Crippen molar-refractivity contribution in [3.05, 3.63) is 34.3 Å².